The van der Waals surface area contributed by atoms with E-state index >= 15 is 0 Å². The van der Waals surface area contributed by atoms with Crippen LogP contribution in [0.3, 0.4) is 0 Å². The summed E-state index contributed by atoms with van der Waals surface area (Å²) in [5.74, 6) is -0.663. The quantitative estimate of drug-likeness (QED) is 0.878. The number of nitrogens with zero attached hydrogens (tertiary/aromatic N) is 1. The molecule has 0 atom stereocenters. The molecule has 0 unspecified atom stereocenters. The van der Waals surface area contributed by atoms with Crippen LogP contribution in [-0.4, -0.2) is 35.0 Å². The van der Waals surface area contributed by atoms with Gasteiger partial charge in [-0.2, -0.15) is 0 Å². The molecule has 4 nitrogen and oxygen atoms in total. The fourth-order valence-corrected chi connectivity index (χ4v) is 3.67. The molecule has 1 heterocycles. The molecule has 2 aliphatic rings. The molecule has 19 heavy (non-hydrogen) atoms. The van der Waals surface area contributed by atoms with Crippen LogP contribution in [0.15, 0.2) is 30.3 Å². The molecular weight excluding hydrogens is 242 g/mol. The Labute approximate surface area is 112 Å². The number of aliphatic carboxylic acids is 1. The molecule has 1 aromatic rings. The van der Waals surface area contributed by atoms with Gasteiger partial charge in [-0.1, -0.05) is 30.3 Å². The first-order valence-electron chi connectivity index (χ1n) is 6.52. The number of carbonyl (C=O) groups is 2. The molecule has 4 heteroatoms. The summed E-state index contributed by atoms with van der Waals surface area (Å²) >= 11 is 0. The van der Waals surface area contributed by atoms with Gasteiger partial charge in [0, 0.05) is 25.4 Å². The number of benzene rings is 1. The van der Waals surface area contributed by atoms with Gasteiger partial charge in [-0.05, 0) is 18.4 Å². The van der Waals surface area contributed by atoms with Crippen molar-refractivity contribution < 1.29 is 14.7 Å². The van der Waals surface area contributed by atoms with Crippen molar-refractivity contribution in [3.05, 3.63) is 35.9 Å². The Morgan fingerprint density at radius 1 is 1.16 bits per heavy atom. The van der Waals surface area contributed by atoms with E-state index in [0.29, 0.717) is 25.9 Å². The van der Waals surface area contributed by atoms with Crippen LogP contribution in [0.25, 0.3) is 0 Å². The highest BCUT2D eigenvalue weighted by Gasteiger charge is 2.64. The molecule has 100 valence electrons. The second-order valence-corrected chi connectivity index (χ2v) is 5.98. The van der Waals surface area contributed by atoms with Gasteiger partial charge >= 0.3 is 5.97 Å². The van der Waals surface area contributed by atoms with Gasteiger partial charge in [-0.3, -0.25) is 9.59 Å². The zero-order valence-corrected chi connectivity index (χ0v) is 10.9. The first kappa shape index (κ1) is 12.2. The minimum absolute atomic E-state index is 0.0416. The van der Waals surface area contributed by atoms with Crippen LogP contribution in [-0.2, 0) is 15.0 Å². The van der Waals surface area contributed by atoms with Gasteiger partial charge in [0.2, 0.25) is 5.91 Å². The largest absolute Gasteiger partial charge is 0.481 e. The van der Waals surface area contributed by atoms with Crippen LogP contribution in [0.4, 0.5) is 0 Å². The Morgan fingerprint density at radius 2 is 1.74 bits per heavy atom. The van der Waals surface area contributed by atoms with Crippen molar-refractivity contribution in [2.24, 2.45) is 5.41 Å². The number of rotatable bonds is 2. The van der Waals surface area contributed by atoms with Crippen molar-refractivity contribution in [1.29, 1.82) is 0 Å². The third-order valence-corrected chi connectivity index (χ3v) is 4.59. The second kappa shape index (κ2) is 3.83. The van der Waals surface area contributed by atoms with Crippen LogP contribution < -0.4 is 0 Å². The predicted molar refractivity (Wildman–Crippen MR) is 69.7 cm³/mol. The fraction of sp³-hybridized carbons (Fsp3) is 0.467. The second-order valence-electron chi connectivity index (χ2n) is 5.98. The Balaban J connectivity index is 1.79. The van der Waals surface area contributed by atoms with Gasteiger partial charge in [-0.15, -0.1) is 0 Å². The first-order chi connectivity index (χ1) is 8.97. The number of hydrogen-bond acceptors (Lipinski definition) is 2. The van der Waals surface area contributed by atoms with Crippen molar-refractivity contribution in [2.45, 2.75) is 25.2 Å². The summed E-state index contributed by atoms with van der Waals surface area (Å²) in [7, 11) is 0. The highest BCUT2D eigenvalue weighted by molar-refractivity contribution is 5.84. The number of carboxylic acids is 1. The lowest BCUT2D eigenvalue weighted by Crippen LogP contribution is -2.69. The summed E-state index contributed by atoms with van der Waals surface area (Å²) in [6, 6.07) is 9.44. The van der Waals surface area contributed by atoms with E-state index in [1.165, 1.54) is 0 Å². The van der Waals surface area contributed by atoms with Crippen molar-refractivity contribution in [2.75, 3.05) is 13.1 Å². The molecule has 1 saturated carbocycles. The van der Waals surface area contributed by atoms with Gasteiger partial charge in [0.25, 0.3) is 0 Å². The maximum Gasteiger partial charge on any atom is 0.314 e. The van der Waals surface area contributed by atoms with Gasteiger partial charge in [0.05, 0.1) is 5.41 Å². The lowest BCUT2D eigenvalue weighted by molar-refractivity contribution is -0.173. The predicted octanol–water partition coefficient (Wildman–Crippen LogP) is 1.65. The van der Waals surface area contributed by atoms with Crippen molar-refractivity contribution in [3.63, 3.8) is 0 Å². The maximum atomic E-state index is 11.7. The maximum absolute atomic E-state index is 11.7. The molecule has 1 spiro atoms. The van der Waals surface area contributed by atoms with Crippen LogP contribution in [0.1, 0.15) is 25.3 Å². The van der Waals surface area contributed by atoms with E-state index in [4.69, 9.17) is 0 Å². The molecule has 0 radical (unpaired) electrons. The average Bonchev–Trinajstić information content (AvgIpc) is 2.26. The van der Waals surface area contributed by atoms with Gasteiger partial charge in [-0.25, -0.2) is 0 Å². The zero-order valence-electron chi connectivity index (χ0n) is 10.9. The van der Waals surface area contributed by atoms with Crippen molar-refractivity contribution >= 4 is 11.9 Å². The highest BCUT2D eigenvalue weighted by atomic mass is 16.4. The zero-order chi connectivity index (χ0) is 13.7. The molecule has 3 rings (SSSR count). The minimum atomic E-state index is -0.746. The Hall–Kier alpha value is -1.84. The molecular formula is C15H17NO3. The Morgan fingerprint density at radius 3 is 2.21 bits per heavy atom. The molecule has 1 amide bonds. The highest BCUT2D eigenvalue weighted by Crippen LogP contribution is 2.59. The molecule has 0 bridgehead atoms. The number of carboxylic acid groups (broad SMARTS) is 1. The first-order valence-corrected chi connectivity index (χ1v) is 6.52. The Kier molecular flexibility index (Phi) is 2.46. The fourth-order valence-electron chi connectivity index (χ4n) is 3.67. The van der Waals surface area contributed by atoms with Gasteiger partial charge in [0.1, 0.15) is 0 Å². The van der Waals surface area contributed by atoms with E-state index in [0.717, 1.165) is 5.56 Å². The topological polar surface area (TPSA) is 57.6 Å². The van der Waals surface area contributed by atoms with E-state index in [1.807, 2.05) is 30.3 Å². The van der Waals surface area contributed by atoms with Crippen LogP contribution >= 0.6 is 0 Å². The molecule has 0 aromatic heterocycles. The molecule has 1 aliphatic carbocycles. The lowest BCUT2D eigenvalue weighted by Gasteiger charge is -2.62. The van der Waals surface area contributed by atoms with Gasteiger partial charge in [0.15, 0.2) is 0 Å². The summed E-state index contributed by atoms with van der Waals surface area (Å²) in [5, 5.41) is 9.58. The Bertz CT molecular complexity index is 524. The molecule has 1 aliphatic heterocycles. The molecule has 2 fully saturated rings. The van der Waals surface area contributed by atoms with Crippen molar-refractivity contribution in [3.8, 4) is 0 Å². The van der Waals surface area contributed by atoms with E-state index in [-0.39, 0.29) is 11.3 Å². The van der Waals surface area contributed by atoms with Crippen LogP contribution in [0.5, 0.6) is 0 Å². The summed E-state index contributed by atoms with van der Waals surface area (Å²) < 4.78 is 0. The third kappa shape index (κ3) is 1.66. The number of hydrogen-bond donors (Lipinski definition) is 1. The normalized spacial score (nSPS) is 22.5. The lowest BCUT2D eigenvalue weighted by atomic mass is 9.47. The van der Waals surface area contributed by atoms with E-state index in [9.17, 15) is 14.7 Å². The average molecular weight is 259 g/mol. The monoisotopic (exact) mass is 259 g/mol. The van der Waals surface area contributed by atoms with Gasteiger partial charge < -0.3 is 10.0 Å². The SMILES string of the molecule is CC(=O)N1CC2(C1)CC(C(=O)O)(c1ccccc1)C2. The minimum Gasteiger partial charge on any atom is -0.481 e. The number of carbonyl (C=O) groups excluding carboxylic acids is 1. The molecule has 1 N–H and O–H groups in total. The summed E-state index contributed by atoms with van der Waals surface area (Å²) in [6.07, 6.45) is 1.28. The van der Waals surface area contributed by atoms with Crippen LogP contribution in [0.2, 0.25) is 0 Å². The number of likely N-dealkylation sites (tertiary alicyclic amines) is 1. The standard InChI is InChI=1S/C15H17NO3/c1-11(17)16-9-14(10-16)7-15(8-14,13(18)19)12-5-3-2-4-6-12/h2-6H,7-10H2,1H3,(H,18,19). The summed E-state index contributed by atoms with van der Waals surface area (Å²) in [4.78, 5) is 24.7. The molecule has 1 aromatic carbocycles. The van der Waals surface area contributed by atoms with Crippen molar-refractivity contribution in [1.82, 2.24) is 4.90 Å². The number of amides is 1. The summed E-state index contributed by atoms with van der Waals surface area (Å²) in [5.41, 5.74) is 0.179. The van der Waals surface area contributed by atoms with E-state index in [2.05, 4.69) is 0 Å². The van der Waals surface area contributed by atoms with E-state index in [1.54, 1.807) is 11.8 Å². The van der Waals surface area contributed by atoms with Crippen LogP contribution in [0, 0.1) is 5.41 Å². The molecule has 1 saturated heterocycles. The summed E-state index contributed by atoms with van der Waals surface area (Å²) in [6.45, 7) is 2.99. The van der Waals surface area contributed by atoms with E-state index < -0.39 is 11.4 Å². The third-order valence-electron chi connectivity index (χ3n) is 4.59. The smallest absolute Gasteiger partial charge is 0.314 e.